The molecule has 0 spiro atoms. The monoisotopic (exact) mass is 423 g/mol. The minimum Gasteiger partial charge on any atom is -0.493 e. The van der Waals surface area contributed by atoms with Crippen molar-refractivity contribution in [3.63, 3.8) is 0 Å². The van der Waals surface area contributed by atoms with Gasteiger partial charge in [0.1, 0.15) is 5.82 Å². The number of carbonyl (C=O) groups excluding carboxylic acids is 1. The van der Waals surface area contributed by atoms with E-state index in [0.29, 0.717) is 41.3 Å². The van der Waals surface area contributed by atoms with E-state index >= 15 is 0 Å². The van der Waals surface area contributed by atoms with Crippen LogP contribution in [0.3, 0.4) is 0 Å². The van der Waals surface area contributed by atoms with Crippen LogP contribution in [0, 0.1) is 0 Å². The Morgan fingerprint density at radius 3 is 2.65 bits per heavy atom. The smallest absolute Gasteiger partial charge is 0.307 e. The van der Waals surface area contributed by atoms with Crippen molar-refractivity contribution in [3.05, 3.63) is 63.7 Å². The van der Waals surface area contributed by atoms with Crippen LogP contribution >= 0.6 is 0 Å². The van der Waals surface area contributed by atoms with Crippen LogP contribution in [0.15, 0.2) is 41.2 Å². The van der Waals surface area contributed by atoms with Crippen molar-refractivity contribution >= 4 is 16.9 Å². The number of aromatic amines is 1. The third-order valence-corrected chi connectivity index (χ3v) is 5.72. The van der Waals surface area contributed by atoms with E-state index in [1.54, 1.807) is 20.3 Å². The Morgan fingerprint density at radius 1 is 1.16 bits per heavy atom. The van der Waals surface area contributed by atoms with Gasteiger partial charge in [-0.15, -0.1) is 0 Å². The van der Waals surface area contributed by atoms with Crippen LogP contribution in [0.25, 0.3) is 10.9 Å². The topological polar surface area (TPSA) is 93.8 Å². The van der Waals surface area contributed by atoms with Gasteiger partial charge in [-0.2, -0.15) is 0 Å². The van der Waals surface area contributed by atoms with Crippen molar-refractivity contribution in [3.8, 4) is 11.5 Å². The first-order chi connectivity index (χ1) is 15.0. The van der Waals surface area contributed by atoms with Crippen molar-refractivity contribution in [2.75, 3.05) is 27.9 Å². The van der Waals surface area contributed by atoms with Gasteiger partial charge in [-0.1, -0.05) is 12.1 Å². The lowest BCUT2D eigenvalue weighted by Gasteiger charge is -2.37. The molecule has 162 valence electrons. The Hall–Kier alpha value is -3.39. The number of H-pyrrole nitrogens is 1. The highest BCUT2D eigenvalue weighted by Gasteiger charge is 2.31. The average Bonchev–Trinajstić information content (AvgIpc) is 2.79. The minimum atomic E-state index is -0.308. The molecule has 1 atom stereocenters. The van der Waals surface area contributed by atoms with Crippen molar-refractivity contribution in [1.82, 2.24) is 14.9 Å². The minimum absolute atomic E-state index is 0.172. The maximum atomic E-state index is 12.5. The summed E-state index contributed by atoms with van der Waals surface area (Å²) in [6.45, 7) is 1.09. The predicted molar refractivity (Wildman–Crippen MR) is 115 cm³/mol. The summed E-state index contributed by atoms with van der Waals surface area (Å²) in [4.78, 5) is 34.3. The van der Waals surface area contributed by atoms with E-state index in [2.05, 4.69) is 14.9 Å². The number of fused-ring (bicyclic) bond motifs is 2. The van der Waals surface area contributed by atoms with Crippen LogP contribution in [0.5, 0.6) is 11.5 Å². The fraction of sp³-hybridized carbons (Fsp3) is 0.348. The molecule has 0 radical (unpaired) electrons. The number of hydrogen-bond acceptors (Lipinski definition) is 7. The number of esters is 1. The molecular weight excluding hydrogens is 398 g/mol. The lowest BCUT2D eigenvalue weighted by atomic mass is 9.90. The van der Waals surface area contributed by atoms with Crippen molar-refractivity contribution in [2.45, 2.75) is 25.4 Å². The van der Waals surface area contributed by atoms with Gasteiger partial charge in [0.2, 0.25) is 0 Å². The van der Waals surface area contributed by atoms with E-state index in [0.717, 1.165) is 17.5 Å². The molecule has 0 aliphatic carbocycles. The standard InChI is InChI=1S/C23H25N3O5/c1-29-19-10-14-8-9-26(18(12-22(27)31-3)16(14)11-20(19)30-2)13-21-24-17-7-5-4-6-15(17)23(28)25-21/h4-7,10-11,18H,8-9,12-13H2,1-3H3,(H,24,25,28). The number of rotatable bonds is 6. The number of para-hydroxylation sites is 1. The highest BCUT2D eigenvalue weighted by atomic mass is 16.5. The lowest BCUT2D eigenvalue weighted by molar-refractivity contribution is -0.142. The number of hydrogen-bond donors (Lipinski definition) is 1. The highest BCUT2D eigenvalue weighted by Crippen LogP contribution is 2.40. The van der Waals surface area contributed by atoms with Gasteiger partial charge in [0.25, 0.3) is 5.56 Å². The molecule has 1 aliphatic heterocycles. The Labute approximate surface area is 179 Å². The predicted octanol–water partition coefficient (Wildman–Crippen LogP) is 2.60. The number of nitrogens with one attached hydrogen (secondary N) is 1. The fourth-order valence-corrected chi connectivity index (χ4v) is 4.15. The van der Waals surface area contributed by atoms with Crippen LogP contribution in [-0.2, 0) is 22.5 Å². The molecule has 0 fully saturated rings. The van der Waals surface area contributed by atoms with Gasteiger partial charge in [0.05, 0.1) is 45.2 Å². The summed E-state index contributed by atoms with van der Waals surface area (Å²) < 4.78 is 15.9. The quantitative estimate of drug-likeness (QED) is 0.609. The molecule has 1 aliphatic rings. The molecule has 31 heavy (non-hydrogen) atoms. The normalized spacial score (nSPS) is 16.0. The molecule has 2 aromatic carbocycles. The van der Waals surface area contributed by atoms with Gasteiger partial charge in [-0.05, 0) is 41.8 Å². The van der Waals surface area contributed by atoms with Gasteiger partial charge in [-0.25, -0.2) is 4.98 Å². The summed E-state index contributed by atoms with van der Waals surface area (Å²) in [7, 11) is 4.57. The number of benzene rings is 2. The summed E-state index contributed by atoms with van der Waals surface area (Å²) in [6, 6.07) is 10.9. The zero-order valence-corrected chi connectivity index (χ0v) is 17.8. The average molecular weight is 423 g/mol. The van der Waals surface area contributed by atoms with Crippen LogP contribution in [-0.4, -0.2) is 48.7 Å². The molecule has 3 aromatic rings. The molecule has 0 saturated heterocycles. The number of nitrogens with zero attached hydrogens (tertiary/aromatic N) is 2. The molecule has 8 heteroatoms. The first kappa shape index (κ1) is 20.9. The van der Waals surface area contributed by atoms with Gasteiger partial charge in [-0.3, -0.25) is 14.5 Å². The summed E-state index contributed by atoms with van der Waals surface area (Å²) in [5.74, 6) is 1.52. The largest absolute Gasteiger partial charge is 0.493 e. The van der Waals surface area contributed by atoms with Crippen molar-refractivity contribution in [2.24, 2.45) is 0 Å². The van der Waals surface area contributed by atoms with Gasteiger partial charge in [0.15, 0.2) is 11.5 Å². The van der Waals surface area contributed by atoms with Crippen molar-refractivity contribution in [1.29, 1.82) is 0 Å². The Morgan fingerprint density at radius 2 is 1.90 bits per heavy atom. The molecule has 4 rings (SSSR count). The maximum Gasteiger partial charge on any atom is 0.307 e. The molecule has 8 nitrogen and oxygen atoms in total. The van der Waals surface area contributed by atoms with Crippen LogP contribution < -0.4 is 15.0 Å². The first-order valence-corrected chi connectivity index (χ1v) is 10.1. The number of methoxy groups -OCH3 is 3. The van der Waals surface area contributed by atoms with E-state index in [1.165, 1.54) is 7.11 Å². The van der Waals surface area contributed by atoms with Crippen LogP contribution in [0.1, 0.15) is 29.4 Å². The Balaban J connectivity index is 1.72. The van der Waals surface area contributed by atoms with Crippen LogP contribution in [0.4, 0.5) is 0 Å². The Bertz CT molecular complexity index is 1170. The molecule has 0 saturated carbocycles. The third-order valence-electron chi connectivity index (χ3n) is 5.72. The summed E-state index contributed by atoms with van der Waals surface area (Å²) in [6.07, 6.45) is 0.946. The van der Waals surface area contributed by atoms with Gasteiger partial charge in [0, 0.05) is 12.6 Å². The molecule has 0 bridgehead atoms. The fourth-order valence-electron chi connectivity index (χ4n) is 4.15. The zero-order valence-electron chi connectivity index (χ0n) is 17.8. The Kier molecular flexibility index (Phi) is 5.90. The first-order valence-electron chi connectivity index (χ1n) is 10.1. The molecule has 1 aromatic heterocycles. The second-order valence-electron chi connectivity index (χ2n) is 7.45. The summed E-state index contributed by atoms with van der Waals surface area (Å²) in [5, 5.41) is 0.554. The van der Waals surface area contributed by atoms with Crippen molar-refractivity contribution < 1.29 is 19.0 Å². The lowest BCUT2D eigenvalue weighted by Crippen LogP contribution is -2.37. The zero-order chi connectivity index (χ0) is 22.0. The molecular formula is C23H25N3O5. The summed E-state index contributed by atoms with van der Waals surface area (Å²) >= 11 is 0. The molecule has 1 N–H and O–H groups in total. The number of aromatic nitrogens is 2. The van der Waals surface area contributed by atoms with E-state index < -0.39 is 0 Å². The van der Waals surface area contributed by atoms with Gasteiger partial charge >= 0.3 is 5.97 Å². The third kappa shape index (κ3) is 4.11. The second kappa shape index (κ2) is 8.77. The number of carbonyl (C=O) groups is 1. The van der Waals surface area contributed by atoms with Crippen LogP contribution in [0.2, 0.25) is 0 Å². The van der Waals surface area contributed by atoms with Gasteiger partial charge < -0.3 is 19.2 Å². The van der Waals surface area contributed by atoms with E-state index in [1.807, 2.05) is 30.3 Å². The molecule has 0 amide bonds. The van der Waals surface area contributed by atoms with E-state index in [4.69, 9.17) is 14.2 Å². The van der Waals surface area contributed by atoms with E-state index in [-0.39, 0.29) is 24.0 Å². The maximum absolute atomic E-state index is 12.5. The molecule has 2 heterocycles. The van der Waals surface area contributed by atoms with E-state index in [9.17, 15) is 9.59 Å². The SMILES string of the molecule is COC(=O)CC1c2cc(OC)c(OC)cc2CCN1Cc1nc2ccccc2c(=O)[nH]1. The molecule has 1 unspecified atom stereocenters. The summed E-state index contributed by atoms with van der Waals surface area (Å²) in [5.41, 5.74) is 2.56. The second-order valence-corrected chi connectivity index (χ2v) is 7.45. The highest BCUT2D eigenvalue weighted by molar-refractivity contribution is 5.77. The number of ether oxygens (including phenoxy) is 3.